The molecule has 1 N–H and O–H groups in total. The van der Waals surface area contributed by atoms with Gasteiger partial charge in [0.2, 0.25) is 0 Å². The van der Waals surface area contributed by atoms with Crippen LogP contribution in [0.3, 0.4) is 0 Å². The Morgan fingerprint density at radius 2 is 1.43 bits per heavy atom. The third-order valence-corrected chi connectivity index (χ3v) is 6.90. The first-order chi connectivity index (χ1) is 17.3. The Balaban J connectivity index is 1.42. The Labute approximate surface area is 208 Å². The molecular weight excluding hydrogens is 432 g/mol. The first-order valence-electron chi connectivity index (χ1n) is 12.4. The lowest BCUT2D eigenvalue weighted by Gasteiger charge is -2.35. The van der Waals surface area contributed by atoms with Crippen molar-refractivity contribution in [3.63, 3.8) is 0 Å². The van der Waals surface area contributed by atoms with Gasteiger partial charge in [-0.3, -0.25) is 0 Å². The second-order valence-electron chi connectivity index (χ2n) is 9.19. The smallest absolute Gasteiger partial charge is 0.120 e. The molecule has 3 heteroatoms. The maximum absolute atomic E-state index is 8.97. The van der Waals surface area contributed by atoms with E-state index in [1.54, 1.807) is 0 Å². The highest BCUT2D eigenvalue weighted by atomic mass is 16.5. The molecule has 1 aliphatic rings. The van der Waals surface area contributed by atoms with Crippen LogP contribution in [0.4, 0.5) is 0 Å². The number of fused-ring (bicyclic) bond motifs is 1. The molecule has 5 rings (SSSR count). The number of hydrogen-bond acceptors (Lipinski definition) is 3. The zero-order valence-electron chi connectivity index (χ0n) is 20.0. The van der Waals surface area contributed by atoms with E-state index < -0.39 is 0 Å². The highest BCUT2D eigenvalue weighted by Crippen LogP contribution is 2.47. The van der Waals surface area contributed by atoms with Crippen molar-refractivity contribution in [3.8, 4) is 5.75 Å². The molecule has 0 radical (unpaired) electrons. The first-order valence-corrected chi connectivity index (χ1v) is 12.4. The lowest BCUT2D eigenvalue weighted by molar-refractivity contribution is 0.0815. The molecule has 0 heterocycles. The van der Waals surface area contributed by atoms with Gasteiger partial charge in [0, 0.05) is 5.92 Å². The molecule has 0 saturated carbocycles. The van der Waals surface area contributed by atoms with E-state index in [0.717, 1.165) is 24.2 Å². The van der Waals surface area contributed by atoms with E-state index >= 15 is 0 Å². The average Bonchev–Trinajstić information content (AvgIpc) is 2.93. The van der Waals surface area contributed by atoms with Gasteiger partial charge in [-0.15, -0.1) is 0 Å². The maximum atomic E-state index is 8.97. The van der Waals surface area contributed by atoms with Gasteiger partial charge in [0.1, 0.15) is 12.4 Å². The summed E-state index contributed by atoms with van der Waals surface area (Å²) in [5.41, 5.74) is 7.78. The zero-order valence-corrected chi connectivity index (χ0v) is 20.0. The fourth-order valence-corrected chi connectivity index (χ4v) is 5.17. The van der Waals surface area contributed by atoms with Crippen molar-refractivity contribution in [2.45, 2.75) is 37.9 Å². The molecule has 0 aliphatic heterocycles. The minimum atomic E-state index is 0.0484. The molecule has 178 valence electrons. The summed E-state index contributed by atoms with van der Waals surface area (Å²) in [5, 5.41) is 8.97. The van der Waals surface area contributed by atoms with E-state index in [1.165, 1.54) is 27.8 Å². The van der Waals surface area contributed by atoms with Gasteiger partial charge in [0.25, 0.3) is 0 Å². The molecule has 1 aliphatic carbocycles. The van der Waals surface area contributed by atoms with Crippen LogP contribution in [0.15, 0.2) is 103 Å². The second-order valence-corrected chi connectivity index (χ2v) is 9.19. The van der Waals surface area contributed by atoms with Crippen LogP contribution in [0.1, 0.15) is 51.6 Å². The molecule has 4 aromatic rings. The molecule has 0 aromatic heterocycles. The van der Waals surface area contributed by atoms with Crippen LogP contribution in [0, 0.1) is 0 Å². The van der Waals surface area contributed by atoms with E-state index in [9.17, 15) is 0 Å². The Morgan fingerprint density at radius 1 is 0.714 bits per heavy atom. The molecule has 2 atom stereocenters. The van der Waals surface area contributed by atoms with Crippen LogP contribution >= 0.6 is 0 Å². The molecule has 0 bridgehead atoms. The summed E-state index contributed by atoms with van der Waals surface area (Å²) in [6, 6.07) is 36.6. The number of aryl methyl sites for hydroxylation is 1. The number of hydrogen-bond donors (Lipinski definition) is 1. The highest BCUT2D eigenvalue weighted by molar-refractivity contribution is 5.48. The number of aliphatic hydroxyl groups is 1. The van der Waals surface area contributed by atoms with Gasteiger partial charge in [-0.25, -0.2) is 0 Å². The number of aliphatic hydroxyl groups excluding tert-OH is 1. The van der Waals surface area contributed by atoms with Crippen LogP contribution in [-0.4, -0.2) is 18.3 Å². The van der Waals surface area contributed by atoms with Gasteiger partial charge < -0.3 is 14.6 Å². The standard InChI is InChI=1S/C32H32O3/c33-19-20-34-22-25-11-13-27(14-12-25)32-30(26-9-5-2-6-10-26)17-15-28-21-29(16-18-31(28)32)35-23-24-7-3-1-4-8-24/h1-14,16,18,21,30,32-33H,15,17,19-20,22-23H2/t30-,32+/m1/s1. The summed E-state index contributed by atoms with van der Waals surface area (Å²) in [6.45, 7) is 1.51. The SMILES string of the molecule is OCCOCc1ccc([C@@H]2c3ccc(OCc4ccccc4)cc3CC[C@@H]2c2ccccc2)cc1. The molecule has 0 fully saturated rings. The van der Waals surface area contributed by atoms with Crippen LogP contribution in [0.2, 0.25) is 0 Å². The van der Waals surface area contributed by atoms with Gasteiger partial charge in [-0.1, -0.05) is 91.0 Å². The van der Waals surface area contributed by atoms with Gasteiger partial charge in [0.15, 0.2) is 0 Å². The molecule has 4 aromatic carbocycles. The van der Waals surface area contributed by atoms with Crippen molar-refractivity contribution in [1.29, 1.82) is 0 Å². The van der Waals surface area contributed by atoms with Gasteiger partial charge >= 0.3 is 0 Å². The molecule has 3 nitrogen and oxygen atoms in total. The van der Waals surface area contributed by atoms with Crippen molar-refractivity contribution in [1.82, 2.24) is 0 Å². The lowest BCUT2D eigenvalue weighted by Crippen LogP contribution is -2.20. The predicted octanol–water partition coefficient (Wildman–Crippen LogP) is 6.64. The minimum absolute atomic E-state index is 0.0484. The number of benzene rings is 4. The summed E-state index contributed by atoms with van der Waals surface area (Å²) < 4.78 is 11.6. The van der Waals surface area contributed by atoms with E-state index in [-0.39, 0.29) is 12.5 Å². The fourth-order valence-electron chi connectivity index (χ4n) is 5.17. The fraction of sp³-hybridized carbons (Fsp3) is 0.250. The van der Waals surface area contributed by atoms with E-state index in [4.69, 9.17) is 14.6 Å². The first kappa shape index (κ1) is 23.3. The lowest BCUT2D eigenvalue weighted by atomic mass is 9.69. The minimum Gasteiger partial charge on any atom is -0.489 e. The zero-order chi connectivity index (χ0) is 23.9. The third kappa shape index (κ3) is 5.64. The van der Waals surface area contributed by atoms with Crippen molar-refractivity contribution < 1.29 is 14.6 Å². The summed E-state index contributed by atoms with van der Waals surface area (Å²) in [4.78, 5) is 0. The Bertz CT molecular complexity index is 1200. The summed E-state index contributed by atoms with van der Waals surface area (Å²) >= 11 is 0. The van der Waals surface area contributed by atoms with Crippen molar-refractivity contribution in [3.05, 3.63) is 137 Å². The largest absolute Gasteiger partial charge is 0.489 e. The predicted molar refractivity (Wildman–Crippen MR) is 140 cm³/mol. The van der Waals surface area contributed by atoms with Gasteiger partial charge in [-0.2, -0.15) is 0 Å². The monoisotopic (exact) mass is 464 g/mol. The number of ether oxygens (including phenoxy) is 2. The van der Waals surface area contributed by atoms with Gasteiger partial charge in [-0.05, 0) is 64.3 Å². The van der Waals surface area contributed by atoms with Gasteiger partial charge in [0.05, 0.1) is 19.8 Å². The topological polar surface area (TPSA) is 38.7 Å². The van der Waals surface area contributed by atoms with E-state index in [0.29, 0.717) is 25.7 Å². The maximum Gasteiger partial charge on any atom is 0.120 e. The van der Waals surface area contributed by atoms with Crippen LogP contribution in [-0.2, 0) is 24.4 Å². The highest BCUT2D eigenvalue weighted by Gasteiger charge is 2.32. The van der Waals surface area contributed by atoms with Crippen molar-refractivity contribution >= 4 is 0 Å². The van der Waals surface area contributed by atoms with Crippen molar-refractivity contribution in [2.24, 2.45) is 0 Å². The van der Waals surface area contributed by atoms with E-state index in [1.807, 2.05) is 18.2 Å². The summed E-state index contributed by atoms with van der Waals surface area (Å²) in [5.74, 6) is 1.65. The average molecular weight is 465 g/mol. The van der Waals surface area contributed by atoms with E-state index in [2.05, 4.69) is 84.9 Å². The molecule has 35 heavy (non-hydrogen) atoms. The normalized spacial score (nSPS) is 17.1. The molecule has 0 spiro atoms. The third-order valence-electron chi connectivity index (χ3n) is 6.90. The summed E-state index contributed by atoms with van der Waals surface area (Å²) in [7, 11) is 0. The summed E-state index contributed by atoms with van der Waals surface area (Å²) in [6.07, 6.45) is 2.15. The molecule has 0 unspecified atom stereocenters. The quantitative estimate of drug-likeness (QED) is 0.282. The molecule has 0 saturated heterocycles. The molecular formula is C32H32O3. The molecule has 0 amide bonds. The Morgan fingerprint density at radius 3 is 2.17 bits per heavy atom. The van der Waals surface area contributed by atoms with Crippen molar-refractivity contribution in [2.75, 3.05) is 13.2 Å². The van der Waals surface area contributed by atoms with Crippen LogP contribution in [0.25, 0.3) is 0 Å². The van der Waals surface area contributed by atoms with Crippen LogP contribution < -0.4 is 4.74 Å². The second kappa shape index (κ2) is 11.4. The Hall–Kier alpha value is -3.40. The van der Waals surface area contributed by atoms with Crippen LogP contribution in [0.5, 0.6) is 5.75 Å². The number of rotatable bonds is 9. The Kier molecular flexibility index (Phi) is 7.57.